The van der Waals surface area contributed by atoms with Crippen LogP contribution in [0, 0.1) is 6.92 Å². The molecule has 4 nitrogen and oxygen atoms in total. The van der Waals surface area contributed by atoms with Gasteiger partial charge in [0.2, 0.25) is 5.91 Å². The normalized spacial score (nSPS) is 10.1. The first-order valence-corrected chi connectivity index (χ1v) is 5.08. The summed E-state index contributed by atoms with van der Waals surface area (Å²) in [7, 11) is 0. The Morgan fingerprint density at radius 2 is 2.44 bits per heavy atom. The second-order valence-electron chi connectivity index (χ2n) is 3.66. The number of carbonyl (C=O) groups excluding carboxylic acids is 1. The van der Waals surface area contributed by atoms with Gasteiger partial charge in [-0.3, -0.25) is 9.78 Å². The third kappa shape index (κ3) is 2.70. The minimum atomic E-state index is -0.0352. The van der Waals surface area contributed by atoms with Crippen molar-refractivity contribution in [2.75, 3.05) is 5.32 Å². The summed E-state index contributed by atoms with van der Waals surface area (Å²) in [5.74, 6) is -0.0352. The van der Waals surface area contributed by atoms with Gasteiger partial charge in [-0.1, -0.05) is 0 Å². The van der Waals surface area contributed by atoms with Crippen molar-refractivity contribution in [1.82, 2.24) is 9.97 Å². The second-order valence-corrected chi connectivity index (χ2v) is 3.66. The topological polar surface area (TPSA) is 57.8 Å². The summed E-state index contributed by atoms with van der Waals surface area (Å²) in [4.78, 5) is 18.6. The molecule has 0 aliphatic rings. The van der Waals surface area contributed by atoms with Crippen LogP contribution < -0.4 is 5.32 Å². The standard InChI is InChI=1S/C12H13N3O/c1-9-5-10(7-14-9)6-12(16)15-11-3-2-4-13-8-11/h2-5,7-8,14H,6H2,1H3,(H,15,16). The van der Waals surface area contributed by atoms with Gasteiger partial charge in [-0.2, -0.15) is 0 Å². The molecule has 1 amide bonds. The average Bonchev–Trinajstić information content (AvgIpc) is 2.65. The van der Waals surface area contributed by atoms with Crippen LogP contribution in [0.3, 0.4) is 0 Å². The number of rotatable bonds is 3. The fourth-order valence-electron chi connectivity index (χ4n) is 1.50. The number of hydrogen-bond donors (Lipinski definition) is 2. The number of nitrogens with one attached hydrogen (secondary N) is 2. The Morgan fingerprint density at radius 1 is 1.56 bits per heavy atom. The van der Waals surface area contributed by atoms with E-state index in [1.54, 1.807) is 18.5 Å². The zero-order valence-electron chi connectivity index (χ0n) is 9.03. The first-order valence-electron chi connectivity index (χ1n) is 5.08. The highest BCUT2D eigenvalue weighted by molar-refractivity contribution is 5.92. The van der Waals surface area contributed by atoms with E-state index in [4.69, 9.17) is 0 Å². The first kappa shape index (κ1) is 10.4. The van der Waals surface area contributed by atoms with Gasteiger partial charge in [-0.05, 0) is 30.7 Å². The van der Waals surface area contributed by atoms with Crippen LogP contribution in [0.25, 0.3) is 0 Å². The maximum atomic E-state index is 11.6. The van der Waals surface area contributed by atoms with E-state index in [-0.39, 0.29) is 5.91 Å². The molecule has 2 aromatic heterocycles. The average molecular weight is 215 g/mol. The van der Waals surface area contributed by atoms with Crippen LogP contribution in [0.1, 0.15) is 11.3 Å². The molecule has 0 aliphatic heterocycles. The largest absolute Gasteiger partial charge is 0.365 e. The van der Waals surface area contributed by atoms with Crippen LogP contribution in [0.5, 0.6) is 0 Å². The monoisotopic (exact) mass is 215 g/mol. The van der Waals surface area contributed by atoms with Crippen LogP contribution in [0.2, 0.25) is 0 Å². The van der Waals surface area contributed by atoms with Gasteiger partial charge in [0, 0.05) is 18.1 Å². The third-order valence-electron chi connectivity index (χ3n) is 2.20. The van der Waals surface area contributed by atoms with Gasteiger partial charge < -0.3 is 10.3 Å². The molecule has 0 aliphatic carbocycles. The number of aromatic amines is 1. The summed E-state index contributed by atoms with van der Waals surface area (Å²) in [5, 5.41) is 2.78. The molecule has 2 aromatic rings. The molecule has 0 aromatic carbocycles. The maximum absolute atomic E-state index is 11.6. The number of amides is 1. The van der Waals surface area contributed by atoms with Gasteiger partial charge >= 0.3 is 0 Å². The minimum Gasteiger partial charge on any atom is -0.365 e. The van der Waals surface area contributed by atoms with Crippen molar-refractivity contribution in [2.45, 2.75) is 13.3 Å². The molecule has 2 N–H and O–H groups in total. The molecular formula is C12H13N3O. The predicted molar refractivity (Wildman–Crippen MR) is 62.1 cm³/mol. The summed E-state index contributed by atoms with van der Waals surface area (Å²) in [6, 6.07) is 5.56. The van der Waals surface area contributed by atoms with E-state index in [0.717, 1.165) is 16.9 Å². The second kappa shape index (κ2) is 4.61. The lowest BCUT2D eigenvalue weighted by Crippen LogP contribution is -2.13. The van der Waals surface area contributed by atoms with Crippen molar-refractivity contribution >= 4 is 11.6 Å². The smallest absolute Gasteiger partial charge is 0.228 e. The van der Waals surface area contributed by atoms with E-state index in [1.165, 1.54) is 0 Å². The fraction of sp³-hybridized carbons (Fsp3) is 0.167. The molecule has 2 rings (SSSR count). The van der Waals surface area contributed by atoms with Crippen molar-refractivity contribution in [3.63, 3.8) is 0 Å². The van der Waals surface area contributed by atoms with Gasteiger partial charge in [0.15, 0.2) is 0 Å². The van der Waals surface area contributed by atoms with E-state index in [1.807, 2.05) is 25.3 Å². The molecule has 0 atom stereocenters. The zero-order chi connectivity index (χ0) is 11.4. The maximum Gasteiger partial charge on any atom is 0.228 e. The van der Waals surface area contributed by atoms with Gasteiger partial charge in [0.1, 0.15) is 0 Å². The van der Waals surface area contributed by atoms with E-state index in [0.29, 0.717) is 6.42 Å². The van der Waals surface area contributed by atoms with E-state index in [2.05, 4.69) is 15.3 Å². The molecule has 0 unspecified atom stereocenters. The van der Waals surface area contributed by atoms with Crippen molar-refractivity contribution in [3.05, 3.63) is 48.0 Å². The van der Waals surface area contributed by atoms with Gasteiger partial charge in [-0.25, -0.2) is 0 Å². The molecule has 16 heavy (non-hydrogen) atoms. The van der Waals surface area contributed by atoms with Crippen LogP contribution >= 0.6 is 0 Å². The van der Waals surface area contributed by atoms with Crippen LogP contribution in [0.4, 0.5) is 5.69 Å². The van der Waals surface area contributed by atoms with E-state index in [9.17, 15) is 4.79 Å². The van der Waals surface area contributed by atoms with Gasteiger partial charge in [0.25, 0.3) is 0 Å². The fourth-order valence-corrected chi connectivity index (χ4v) is 1.50. The molecule has 0 spiro atoms. The van der Waals surface area contributed by atoms with Crippen LogP contribution in [0.15, 0.2) is 36.8 Å². The van der Waals surface area contributed by atoms with Crippen LogP contribution in [-0.2, 0) is 11.2 Å². The van der Waals surface area contributed by atoms with E-state index < -0.39 is 0 Å². The highest BCUT2D eigenvalue weighted by Gasteiger charge is 2.04. The molecule has 4 heteroatoms. The number of aromatic nitrogens is 2. The first-order chi connectivity index (χ1) is 7.74. The number of aryl methyl sites for hydroxylation is 1. The summed E-state index contributed by atoms with van der Waals surface area (Å²) >= 11 is 0. The van der Waals surface area contributed by atoms with Crippen molar-refractivity contribution in [3.8, 4) is 0 Å². The Balaban J connectivity index is 1.95. The van der Waals surface area contributed by atoms with E-state index >= 15 is 0 Å². The molecule has 0 saturated heterocycles. The summed E-state index contributed by atoms with van der Waals surface area (Å²) in [6.07, 6.45) is 5.52. The Morgan fingerprint density at radius 3 is 3.06 bits per heavy atom. The molecular weight excluding hydrogens is 202 g/mol. The SMILES string of the molecule is Cc1cc(CC(=O)Nc2cccnc2)c[nH]1. The molecule has 0 radical (unpaired) electrons. The molecule has 0 saturated carbocycles. The summed E-state index contributed by atoms with van der Waals surface area (Å²) in [6.45, 7) is 1.96. The van der Waals surface area contributed by atoms with Crippen molar-refractivity contribution in [1.29, 1.82) is 0 Å². The number of pyridine rings is 1. The lowest BCUT2D eigenvalue weighted by molar-refractivity contribution is -0.115. The molecule has 2 heterocycles. The summed E-state index contributed by atoms with van der Waals surface area (Å²) < 4.78 is 0. The lowest BCUT2D eigenvalue weighted by Gasteiger charge is -2.02. The predicted octanol–water partition coefficient (Wildman–Crippen LogP) is 1.90. The molecule has 0 fully saturated rings. The number of anilines is 1. The van der Waals surface area contributed by atoms with Crippen molar-refractivity contribution in [2.24, 2.45) is 0 Å². The molecule has 82 valence electrons. The highest BCUT2D eigenvalue weighted by atomic mass is 16.1. The quantitative estimate of drug-likeness (QED) is 0.821. The Hall–Kier alpha value is -2.10. The number of carbonyl (C=O) groups is 1. The Labute approximate surface area is 93.7 Å². The zero-order valence-corrected chi connectivity index (χ0v) is 9.03. The lowest BCUT2D eigenvalue weighted by atomic mass is 10.2. The van der Waals surface area contributed by atoms with Crippen LogP contribution in [-0.4, -0.2) is 15.9 Å². The highest BCUT2D eigenvalue weighted by Crippen LogP contribution is 2.06. The Bertz CT molecular complexity index is 476. The minimum absolute atomic E-state index is 0.0352. The molecule has 0 bridgehead atoms. The third-order valence-corrected chi connectivity index (χ3v) is 2.20. The summed E-state index contributed by atoms with van der Waals surface area (Å²) in [5.41, 5.74) is 2.77. The Kier molecular flexibility index (Phi) is 3.00. The van der Waals surface area contributed by atoms with Gasteiger partial charge in [0.05, 0.1) is 18.3 Å². The van der Waals surface area contributed by atoms with Gasteiger partial charge in [-0.15, -0.1) is 0 Å². The number of H-pyrrole nitrogens is 1. The van der Waals surface area contributed by atoms with Crippen molar-refractivity contribution < 1.29 is 4.79 Å². The number of nitrogens with zero attached hydrogens (tertiary/aromatic N) is 1. The number of hydrogen-bond acceptors (Lipinski definition) is 2.